The van der Waals surface area contributed by atoms with Crippen LogP contribution in [0.25, 0.3) is 0 Å². The Hall–Kier alpha value is -1.07. The minimum absolute atomic E-state index is 0.213. The zero-order valence-corrected chi connectivity index (χ0v) is 13.5. The number of sulfonamides is 1. The van der Waals surface area contributed by atoms with Crippen LogP contribution in [0.3, 0.4) is 0 Å². The van der Waals surface area contributed by atoms with Crippen molar-refractivity contribution >= 4 is 33.2 Å². The summed E-state index contributed by atoms with van der Waals surface area (Å²) in [6.45, 7) is 0.357. The van der Waals surface area contributed by atoms with Crippen LogP contribution in [0.2, 0.25) is 10.0 Å². The minimum atomic E-state index is -3.48. The summed E-state index contributed by atoms with van der Waals surface area (Å²) >= 11 is 11.8. The highest BCUT2D eigenvalue weighted by Gasteiger charge is 2.12. The Morgan fingerprint density at radius 1 is 0.952 bits per heavy atom. The van der Waals surface area contributed by atoms with Gasteiger partial charge in [-0.1, -0.05) is 41.4 Å². The molecule has 3 nitrogen and oxygen atoms in total. The van der Waals surface area contributed by atoms with E-state index in [1.165, 1.54) is 12.1 Å². The van der Waals surface area contributed by atoms with Crippen LogP contribution in [0.4, 0.5) is 0 Å². The van der Waals surface area contributed by atoms with Gasteiger partial charge in [0.15, 0.2) is 0 Å². The summed E-state index contributed by atoms with van der Waals surface area (Å²) in [5, 5.41) is 1.21. The van der Waals surface area contributed by atoms with Gasteiger partial charge in [-0.2, -0.15) is 0 Å². The Labute approximate surface area is 135 Å². The van der Waals surface area contributed by atoms with Gasteiger partial charge >= 0.3 is 0 Å². The zero-order chi connectivity index (χ0) is 15.3. The molecule has 0 fully saturated rings. The van der Waals surface area contributed by atoms with Crippen molar-refractivity contribution in [2.45, 2.75) is 17.7 Å². The molecule has 0 unspecified atom stereocenters. The number of halogens is 2. The Morgan fingerprint density at radius 2 is 1.62 bits per heavy atom. The molecule has 112 valence electrons. The summed E-state index contributed by atoms with van der Waals surface area (Å²) in [5.41, 5.74) is 1.02. The third-order valence-electron chi connectivity index (χ3n) is 3.00. The molecule has 0 saturated carbocycles. The number of nitrogens with one attached hydrogen (secondary N) is 1. The maximum absolute atomic E-state index is 12.0. The van der Waals surface area contributed by atoms with Crippen LogP contribution >= 0.6 is 23.2 Å². The van der Waals surface area contributed by atoms with Crippen molar-refractivity contribution < 1.29 is 8.42 Å². The highest BCUT2D eigenvalue weighted by molar-refractivity contribution is 7.89. The Balaban J connectivity index is 1.88. The lowest BCUT2D eigenvalue weighted by Gasteiger charge is -2.07. The van der Waals surface area contributed by atoms with Crippen LogP contribution in [-0.4, -0.2) is 15.0 Å². The van der Waals surface area contributed by atoms with Gasteiger partial charge < -0.3 is 0 Å². The topological polar surface area (TPSA) is 46.2 Å². The normalized spacial score (nSPS) is 11.5. The summed E-state index contributed by atoms with van der Waals surface area (Å²) in [5.74, 6) is 0. The van der Waals surface area contributed by atoms with Gasteiger partial charge in [0.2, 0.25) is 10.0 Å². The van der Waals surface area contributed by atoms with E-state index in [0.717, 1.165) is 12.0 Å². The molecule has 2 rings (SSSR count). The first kappa shape index (κ1) is 16.3. The summed E-state index contributed by atoms with van der Waals surface area (Å²) < 4.78 is 26.7. The predicted octanol–water partition coefficient (Wildman–Crippen LogP) is 3.90. The van der Waals surface area contributed by atoms with Gasteiger partial charge in [-0.25, -0.2) is 13.1 Å². The van der Waals surface area contributed by atoms with Crippen molar-refractivity contribution in [2.75, 3.05) is 6.54 Å². The monoisotopic (exact) mass is 343 g/mol. The fourth-order valence-electron chi connectivity index (χ4n) is 1.88. The highest BCUT2D eigenvalue weighted by Crippen LogP contribution is 2.17. The van der Waals surface area contributed by atoms with E-state index in [2.05, 4.69) is 4.72 Å². The van der Waals surface area contributed by atoms with Crippen LogP contribution in [0, 0.1) is 0 Å². The van der Waals surface area contributed by atoms with Crippen molar-refractivity contribution in [3.63, 3.8) is 0 Å². The summed E-state index contributed by atoms with van der Waals surface area (Å²) in [7, 11) is -3.48. The van der Waals surface area contributed by atoms with Gasteiger partial charge in [-0.3, -0.25) is 0 Å². The van der Waals surface area contributed by atoms with Crippen molar-refractivity contribution in [2.24, 2.45) is 0 Å². The van der Waals surface area contributed by atoms with Crippen molar-refractivity contribution in [1.29, 1.82) is 0 Å². The van der Waals surface area contributed by atoms with Crippen molar-refractivity contribution in [3.05, 3.63) is 64.1 Å². The maximum atomic E-state index is 12.0. The van der Waals surface area contributed by atoms with E-state index in [1.54, 1.807) is 12.1 Å². The molecule has 21 heavy (non-hydrogen) atoms. The minimum Gasteiger partial charge on any atom is -0.211 e. The van der Waals surface area contributed by atoms with Crippen LogP contribution in [0.5, 0.6) is 0 Å². The first-order valence-electron chi connectivity index (χ1n) is 6.48. The fraction of sp³-hybridized carbons (Fsp3) is 0.200. The summed E-state index contributed by atoms with van der Waals surface area (Å²) in [6.07, 6.45) is 1.40. The molecule has 0 spiro atoms. The molecular weight excluding hydrogens is 329 g/mol. The average Bonchev–Trinajstić information content (AvgIpc) is 2.46. The second-order valence-electron chi connectivity index (χ2n) is 4.55. The predicted molar refractivity (Wildman–Crippen MR) is 86.4 cm³/mol. The standard InChI is InChI=1S/C15H15Cl2NO2S/c16-13-7-9-14(10-8-13)21(19,20)18-11-3-5-12-4-1-2-6-15(12)17/h1-2,4,6-10,18H,3,5,11H2. The van der Waals surface area contributed by atoms with E-state index in [0.29, 0.717) is 23.0 Å². The molecule has 0 aliphatic carbocycles. The molecule has 0 atom stereocenters. The Kier molecular flexibility index (Phi) is 5.65. The molecule has 0 bridgehead atoms. The largest absolute Gasteiger partial charge is 0.240 e. The Bertz CT molecular complexity index is 700. The maximum Gasteiger partial charge on any atom is 0.240 e. The van der Waals surface area contributed by atoms with Gasteiger partial charge in [-0.05, 0) is 48.7 Å². The molecule has 0 saturated heterocycles. The van der Waals surface area contributed by atoms with Gasteiger partial charge in [0, 0.05) is 16.6 Å². The fourth-order valence-corrected chi connectivity index (χ4v) is 3.31. The summed E-state index contributed by atoms with van der Waals surface area (Å²) in [6, 6.07) is 13.6. The molecule has 2 aromatic carbocycles. The summed E-state index contributed by atoms with van der Waals surface area (Å²) in [4.78, 5) is 0.213. The molecule has 0 heterocycles. The van der Waals surface area contributed by atoms with E-state index < -0.39 is 10.0 Å². The molecular formula is C15H15Cl2NO2S. The third kappa shape index (κ3) is 4.71. The average molecular weight is 344 g/mol. The van der Waals surface area contributed by atoms with E-state index >= 15 is 0 Å². The molecule has 0 aliphatic heterocycles. The van der Waals surface area contributed by atoms with Crippen molar-refractivity contribution in [1.82, 2.24) is 4.72 Å². The van der Waals surface area contributed by atoms with Crippen LogP contribution in [0.1, 0.15) is 12.0 Å². The number of benzene rings is 2. The lowest BCUT2D eigenvalue weighted by molar-refractivity contribution is 0.579. The van der Waals surface area contributed by atoms with Crippen LogP contribution in [0.15, 0.2) is 53.4 Å². The Morgan fingerprint density at radius 3 is 2.29 bits per heavy atom. The first-order chi connectivity index (χ1) is 9.99. The second kappa shape index (κ2) is 7.27. The SMILES string of the molecule is O=S(=O)(NCCCc1ccccc1Cl)c1ccc(Cl)cc1. The number of aryl methyl sites for hydroxylation is 1. The van der Waals surface area contributed by atoms with Crippen molar-refractivity contribution in [3.8, 4) is 0 Å². The van der Waals surface area contributed by atoms with Crippen LogP contribution < -0.4 is 4.72 Å². The molecule has 2 aromatic rings. The highest BCUT2D eigenvalue weighted by atomic mass is 35.5. The van der Waals surface area contributed by atoms with Gasteiger partial charge in [0.05, 0.1) is 4.90 Å². The lowest BCUT2D eigenvalue weighted by Crippen LogP contribution is -2.25. The quantitative estimate of drug-likeness (QED) is 0.808. The zero-order valence-electron chi connectivity index (χ0n) is 11.2. The molecule has 6 heteroatoms. The molecule has 1 N–H and O–H groups in total. The smallest absolute Gasteiger partial charge is 0.211 e. The van der Waals surface area contributed by atoms with Gasteiger partial charge in [0.25, 0.3) is 0 Å². The van der Waals surface area contributed by atoms with E-state index in [-0.39, 0.29) is 4.90 Å². The van der Waals surface area contributed by atoms with Gasteiger partial charge in [-0.15, -0.1) is 0 Å². The third-order valence-corrected chi connectivity index (χ3v) is 5.09. The lowest BCUT2D eigenvalue weighted by atomic mass is 10.1. The number of hydrogen-bond acceptors (Lipinski definition) is 2. The molecule has 0 aromatic heterocycles. The van der Waals surface area contributed by atoms with Crippen LogP contribution in [-0.2, 0) is 16.4 Å². The molecule has 0 radical (unpaired) electrons. The number of hydrogen-bond donors (Lipinski definition) is 1. The first-order valence-corrected chi connectivity index (χ1v) is 8.71. The molecule has 0 amide bonds. The van der Waals surface area contributed by atoms with Gasteiger partial charge in [0.1, 0.15) is 0 Å². The molecule has 0 aliphatic rings. The number of rotatable bonds is 6. The van der Waals surface area contributed by atoms with E-state index in [9.17, 15) is 8.42 Å². The van der Waals surface area contributed by atoms with E-state index in [1.807, 2.05) is 24.3 Å². The second-order valence-corrected chi connectivity index (χ2v) is 7.16. The van der Waals surface area contributed by atoms with E-state index in [4.69, 9.17) is 23.2 Å².